The molecule has 0 aliphatic heterocycles. The molecule has 4 heteroatoms. The zero-order chi connectivity index (χ0) is 14.6. The van der Waals surface area contributed by atoms with Crippen molar-refractivity contribution < 1.29 is 4.74 Å². The first-order valence-electron chi connectivity index (χ1n) is 6.67. The molecule has 0 radical (unpaired) electrons. The topological polar surface area (TPSA) is 38.5 Å². The number of benzene rings is 1. The maximum atomic E-state index is 6.00. The fraction of sp³-hybridized carbons (Fsp3) is 0.600. The summed E-state index contributed by atoms with van der Waals surface area (Å²) < 4.78 is 6.52. The molecule has 2 unspecified atom stereocenters. The van der Waals surface area contributed by atoms with E-state index >= 15 is 0 Å². The molecule has 0 saturated carbocycles. The van der Waals surface area contributed by atoms with E-state index in [9.17, 15) is 0 Å². The van der Waals surface area contributed by atoms with E-state index in [1.165, 1.54) is 0 Å². The molecular weight excluding hydrogens is 304 g/mol. The average molecular weight is 329 g/mol. The molecule has 0 bridgehead atoms. The van der Waals surface area contributed by atoms with Gasteiger partial charge in [-0.2, -0.15) is 0 Å². The fourth-order valence-corrected chi connectivity index (χ4v) is 2.61. The van der Waals surface area contributed by atoms with E-state index in [0.717, 1.165) is 15.8 Å². The Morgan fingerprint density at radius 3 is 2.42 bits per heavy atom. The summed E-state index contributed by atoms with van der Waals surface area (Å²) in [5, 5.41) is 0. The van der Waals surface area contributed by atoms with Crippen LogP contribution in [0.3, 0.4) is 0 Å². The summed E-state index contributed by atoms with van der Waals surface area (Å²) in [4.78, 5) is 2.33. The second-order valence-corrected chi connectivity index (χ2v) is 6.20. The highest BCUT2D eigenvalue weighted by molar-refractivity contribution is 9.10. The molecule has 2 atom stereocenters. The van der Waals surface area contributed by atoms with Crippen LogP contribution >= 0.6 is 15.9 Å². The number of nitrogens with two attached hydrogens (primary N) is 1. The van der Waals surface area contributed by atoms with Gasteiger partial charge in [0.25, 0.3) is 0 Å². The van der Waals surface area contributed by atoms with Gasteiger partial charge in [-0.1, -0.05) is 29.8 Å². The first kappa shape index (κ1) is 16.5. The van der Waals surface area contributed by atoms with Gasteiger partial charge in [0.15, 0.2) is 0 Å². The van der Waals surface area contributed by atoms with Crippen LogP contribution in [0.2, 0.25) is 0 Å². The summed E-state index contributed by atoms with van der Waals surface area (Å²) in [5.41, 5.74) is 7.14. The lowest BCUT2D eigenvalue weighted by Crippen LogP contribution is -2.39. The quantitative estimate of drug-likeness (QED) is 0.869. The maximum Gasteiger partial charge on any atom is 0.123 e. The lowest BCUT2D eigenvalue weighted by molar-refractivity contribution is 0.149. The Morgan fingerprint density at radius 2 is 1.95 bits per heavy atom. The van der Waals surface area contributed by atoms with Gasteiger partial charge in [0, 0.05) is 22.6 Å². The first-order chi connectivity index (χ1) is 8.92. The van der Waals surface area contributed by atoms with Crippen molar-refractivity contribution in [3.8, 4) is 5.75 Å². The summed E-state index contributed by atoms with van der Waals surface area (Å²) in [6.07, 6.45) is 0. The van der Waals surface area contributed by atoms with E-state index in [1.807, 2.05) is 12.1 Å². The van der Waals surface area contributed by atoms with Crippen LogP contribution in [-0.4, -0.2) is 31.6 Å². The third-order valence-corrected chi connectivity index (χ3v) is 4.37. The number of rotatable bonds is 6. The van der Waals surface area contributed by atoms with Crippen LogP contribution < -0.4 is 10.5 Å². The second kappa shape index (κ2) is 7.27. The fourth-order valence-electron chi connectivity index (χ4n) is 2.23. The normalized spacial score (nSPS) is 14.8. The van der Waals surface area contributed by atoms with Crippen LogP contribution in [0, 0.1) is 5.92 Å². The van der Waals surface area contributed by atoms with E-state index in [1.54, 1.807) is 7.11 Å². The van der Waals surface area contributed by atoms with Crippen LogP contribution in [0.4, 0.5) is 0 Å². The Kier molecular flexibility index (Phi) is 6.30. The van der Waals surface area contributed by atoms with Crippen LogP contribution in [0.1, 0.15) is 32.4 Å². The molecule has 2 N–H and O–H groups in total. The molecule has 0 fully saturated rings. The highest BCUT2D eigenvalue weighted by Gasteiger charge is 2.24. The molecular formula is C15H25BrN2O. The highest BCUT2D eigenvalue weighted by Crippen LogP contribution is 2.32. The smallest absolute Gasteiger partial charge is 0.123 e. The molecule has 0 heterocycles. The van der Waals surface area contributed by atoms with Crippen LogP contribution in [0.25, 0.3) is 0 Å². The van der Waals surface area contributed by atoms with Crippen LogP contribution in [0.5, 0.6) is 5.75 Å². The minimum atomic E-state index is 0.157. The standard InChI is InChI=1S/C15H25BrN2O/c1-10(2)11(3)18(4)14(9-17)13-8-12(16)6-7-15(13)19-5/h6-8,10-11,14H,9,17H2,1-5H3. The lowest BCUT2D eigenvalue weighted by atomic mass is 9.98. The number of hydrogen-bond donors (Lipinski definition) is 1. The Morgan fingerprint density at radius 1 is 1.32 bits per heavy atom. The maximum absolute atomic E-state index is 6.00. The highest BCUT2D eigenvalue weighted by atomic mass is 79.9. The van der Waals surface area contributed by atoms with Crippen molar-refractivity contribution in [1.29, 1.82) is 0 Å². The molecule has 0 aliphatic carbocycles. The number of nitrogens with zero attached hydrogens (tertiary/aromatic N) is 1. The van der Waals surface area contributed by atoms with Crippen molar-refractivity contribution in [3.63, 3.8) is 0 Å². The summed E-state index contributed by atoms with van der Waals surface area (Å²) in [7, 11) is 3.83. The van der Waals surface area contributed by atoms with Crippen molar-refractivity contribution in [3.05, 3.63) is 28.2 Å². The zero-order valence-corrected chi connectivity index (χ0v) is 14.1. The molecule has 0 aromatic heterocycles. The third kappa shape index (κ3) is 3.94. The number of halogens is 1. The van der Waals surface area contributed by atoms with Gasteiger partial charge in [-0.25, -0.2) is 0 Å². The monoisotopic (exact) mass is 328 g/mol. The summed E-state index contributed by atoms with van der Waals surface area (Å²) in [6.45, 7) is 7.26. The van der Waals surface area contributed by atoms with Gasteiger partial charge in [0.2, 0.25) is 0 Å². The molecule has 19 heavy (non-hydrogen) atoms. The predicted molar refractivity (Wildman–Crippen MR) is 84.6 cm³/mol. The van der Waals surface area contributed by atoms with Gasteiger partial charge in [-0.15, -0.1) is 0 Å². The zero-order valence-electron chi connectivity index (χ0n) is 12.5. The summed E-state index contributed by atoms with van der Waals surface area (Å²) >= 11 is 3.52. The van der Waals surface area contributed by atoms with E-state index in [4.69, 9.17) is 10.5 Å². The number of likely N-dealkylation sites (N-methyl/N-ethyl adjacent to an activating group) is 1. The van der Waals surface area contributed by atoms with E-state index in [2.05, 4.69) is 54.7 Å². The molecule has 1 rings (SSSR count). The van der Waals surface area contributed by atoms with Gasteiger partial charge in [0.1, 0.15) is 5.75 Å². The van der Waals surface area contributed by atoms with E-state index < -0.39 is 0 Å². The average Bonchev–Trinajstić information content (AvgIpc) is 2.38. The van der Waals surface area contributed by atoms with Crippen molar-refractivity contribution >= 4 is 15.9 Å². The third-order valence-electron chi connectivity index (χ3n) is 3.87. The van der Waals surface area contributed by atoms with Gasteiger partial charge in [-0.05, 0) is 38.1 Å². The number of hydrogen-bond acceptors (Lipinski definition) is 3. The van der Waals surface area contributed by atoms with E-state index in [-0.39, 0.29) is 6.04 Å². The van der Waals surface area contributed by atoms with E-state index in [0.29, 0.717) is 18.5 Å². The van der Waals surface area contributed by atoms with Gasteiger partial charge >= 0.3 is 0 Å². The van der Waals surface area contributed by atoms with Crippen LogP contribution in [-0.2, 0) is 0 Å². The first-order valence-corrected chi connectivity index (χ1v) is 7.47. The molecule has 1 aromatic rings. The van der Waals surface area contributed by atoms with Gasteiger partial charge < -0.3 is 10.5 Å². The van der Waals surface area contributed by atoms with Gasteiger partial charge in [0.05, 0.1) is 13.2 Å². The van der Waals surface area contributed by atoms with Crippen molar-refractivity contribution in [2.24, 2.45) is 11.7 Å². The summed E-state index contributed by atoms with van der Waals surface area (Å²) in [6, 6.07) is 6.68. The molecule has 108 valence electrons. The van der Waals surface area contributed by atoms with Gasteiger partial charge in [-0.3, -0.25) is 4.90 Å². The van der Waals surface area contributed by atoms with Crippen LogP contribution in [0.15, 0.2) is 22.7 Å². The van der Waals surface area contributed by atoms with Crippen molar-refractivity contribution in [2.75, 3.05) is 20.7 Å². The molecule has 0 spiro atoms. The minimum Gasteiger partial charge on any atom is -0.496 e. The second-order valence-electron chi connectivity index (χ2n) is 5.29. The SMILES string of the molecule is COc1ccc(Br)cc1C(CN)N(C)C(C)C(C)C. The minimum absolute atomic E-state index is 0.157. The Labute approximate surface area is 125 Å². The lowest BCUT2D eigenvalue weighted by Gasteiger charge is -2.35. The number of methoxy groups -OCH3 is 1. The Hall–Kier alpha value is -0.580. The predicted octanol–water partition coefficient (Wildman–Crippen LogP) is 3.43. The molecule has 3 nitrogen and oxygen atoms in total. The molecule has 1 aromatic carbocycles. The molecule has 0 amide bonds. The molecule has 0 saturated heterocycles. The largest absolute Gasteiger partial charge is 0.496 e. The van der Waals surface area contributed by atoms with Crippen molar-refractivity contribution in [2.45, 2.75) is 32.9 Å². The number of ether oxygens (including phenoxy) is 1. The van der Waals surface area contributed by atoms with Crippen molar-refractivity contribution in [1.82, 2.24) is 4.90 Å². The molecule has 0 aliphatic rings. The summed E-state index contributed by atoms with van der Waals surface area (Å²) in [5.74, 6) is 1.47. The Bertz CT molecular complexity index is 409. The Balaban J connectivity index is 3.12.